The molecule has 1 heterocycles. The minimum Gasteiger partial charge on any atom is -0.364 e. The molecule has 0 aromatic carbocycles. The Labute approximate surface area is 79.7 Å². The molecule has 0 bridgehead atoms. The van der Waals surface area contributed by atoms with Crippen LogP contribution >= 0.6 is 27.7 Å². The van der Waals surface area contributed by atoms with E-state index in [9.17, 15) is 0 Å². The van der Waals surface area contributed by atoms with Crippen molar-refractivity contribution < 1.29 is 0 Å². The summed E-state index contributed by atoms with van der Waals surface area (Å²) in [5.41, 5.74) is 0. The first-order valence-electron chi connectivity index (χ1n) is 3.44. The van der Waals surface area contributed by atoms with Crippen LogP contribution in [0.1, 0.15) is 6.92 Å². The molecule has 11 heavy (non-hydrogen) atoms. The lowest BCUT2D eigenvalue weighted by molar-refractivity contribution is 0.658. The third-order valence-corrected chi connectivity index (χ3v) is 3.48. The zero-order valence-corrected chi connectivity index (χ0v) is 8.95. The molecule has 1 aliphatic rings. The molecule has 2 atom stereocenters. The van der Waals surface area contributed by atoms with E-state index < -0.39 is 0 Å². The van der Waals surface area contributed by atoms with Crippen LogP contribution in [0, 0.1) is 5.92 Å². The normalized spacial score (nSPS) is 31.0. The Morgan fingerprint density at radius 2 is 2.55 bits per heavy atom. The van der Waals surface area contributed by atoms with Crippen molar-refractivity contribution in [3.63, 3.8) is 0 Å². The van der Waals surface area contributed by atoms with E-state index in [2.05, 4.69) is 39.2 Å². The molecule has 0 radical (unpaired) electrons. The van der Waals surface area contributed by atoms with Crippen LogP contribution in [0.15, 0.2) is 14.9 Å². The largest absolute Gasteiger partial charge is 0.364 e. The molecule has 0 fully saturated rings. The Morgan fingerprint density at radius 1 is 1.82 bits per heavy atom. The van der Waals surface area contributed by atoms with E-state index in [1.165, 1.54) is 3.81 Å². The maximum Gasteiger partial charge on any atom is 0.0842 e. The molecular weight excluding hydrogens is 224 g/mol. The quantitative estimate of drug-likeness (QED) is 0.586. The lowest BCUT2D eigenvalue weighted by Gasteiger charge is -2.13. The molecule has 0 saturated carbocycles. The highest BCUT2D eigenvalue weighted by molar-refractivity contribution is 9.14. The molecular formula is C7H11BrN2S. The third-order valence-electron chi connectivity index (χ3n) is 1.48. The van der Waals surface area contributed by atoms with Crippen molar-refractivity contribution in [2.75, 3.05) is 7.05 Å². The molecule has 2 nitrogen and oxygen atoms in total. The summed E-state index contributed by atoms with van der Waals surface area (Å²) in [6.07, 6.45) is 3.94. The maximum atomic E-state index is 3.87. The van der Waals surface area contributed by atoms with Gasteiger partial charge in [-0.2, -0.15) is 0 Å². The van der Waals surface area contributed by atoms with Gasteiger partial charge in [0.05, 0.1) is 11.7 Å². The van der Waals surface area contributed by atoms with Crippen LogP contribution in [0.25, 0.3) is 0 Å². The smallest absolute Gasteiger partial charge is 0.0842 e. The highest BCUT2D eigenvalue weighted by Crippen LogP contribution is 2.37. The van der Waals surface area contributed by atoms with Crippen LogP contribution in [0.4, 0.5) is 0 Å². The van der Waals surface area contributed by atoms with Gasteiger partial charge in [0.25, 0.3) is 0 Å². The molecule has 62 valence electrons. The van der Waals surface area contributed by atoms with Crippen LogP contribution < -0.4 is 5.32 Å². The lowest BCUT2D eigenvalue weighted by atomic mass is 10.2. The Kier molecular flexibility index (Phi) is 3.45. The van der Waals surface area contributed by atoms with Crippen LogP contribution in [0.2, 0.25) is 0 Å². The number of halogens is 1. The summed E-state index contributed by atoms with van der Waals surface area (Å²) < 4.78 is 1.21. The van der Waals surface area contributed by atoms with Crippen molar-refractivity contribution in [1.29, 1.82) is 0 Å². The number of rotatable bonds is 2. The van der Waals surface area contributed by atoms with Crippen LogP contribution in [-0.2, 0) is 0 Å². The van der Waals surface area contributed by atoms with Gasteiger partial charge in [-0.25, -0.2) is 0 Å². The topological polar surface area (TPSA) is 24.4 Å². The monoisotopic (exact) mass is 234 g/mol. The zero-order valence-electron chi connectivity index (χ0n) is 6.54. The summed E-state index contributed by atoms with van der Waals surface area (Å²) in [7, 11) is 1.76. The Bertz CT molecular complexity index is 191. The second kappa shape index (κ2) is 4.16. The average molecular weight is 235 g/mol. The van der Waals surface area contributed by atoms with Gasteiger partial charge in [0.2, 0.25) is 0 Å². The van der Waals surface area contributed by atoms with Crippen LogP contribution in [-0.4, -0.2) is 18.8 Å². The molecule has 0 saturated heterocycles. The highest BCUT2D eigenvalue weighted by atomic mass is 79.9. The van der Waals surface area contributed by atoms with Crippen molar-refractivity contribution in [3.8, 4) is 0 Å². The lowest BCUT2D eigenvalue weighted by Crippen LogP contribution is -2.27. The molecule has 0 aromatic heterocycles. The van der Waals surface area contributed by atoms with E-state index in [1.54, 1.807) is 25.1 Å². The SMILES string of the molecule is CN=CNC1SC(Br)=CC1C. The van der Waals surface area contributed by atoms with Crippen molar-refractivity contribution >= 4 is 34.0 Å². The molecule has 0 amide bonds. The van der Waals surface area contributed by atoms with E-state index in [0.29, 0.717) is 11.3 Å². The predicted molar refractivity (Wildman–Crippen MR) is 55.1 cm³/mol. The second-order valence-corrected chi connectivity index (χ2v) is 4.98. The fourth-order valence-electron chi connectivity index (χ4n) is 0.896. The van der Waals surface area contributed by atoms with Gasteiger partial charge in [0.1, 0.15) is 0 Å². The number of thioether (sulfide) groups is 1. The fraction of sp³-hybridized carbons (Fsp3) is 0.571. The van der Waals surface area contributed by atoms with Gasteiger partial charge in [-0.15, -0.1) is 0 Å². The van der Waals surface area contributed by atoms with E-state index in [4.69, 9.17) is 0 Å². The summed E-state index contributed by atoms with van der Waals surface area (Å²) in [6.45, 7) is 2.18. The molecule has 0 aliphatic carbocycles. The summed E-state index contributed by atoms with van der Waals surface area (Å²) in [4.78, 5) is 3.87. The molecule has 1 aliphatic heterocycles. The van der Waals surface area contributed by atoms with Gasteiger partial charge in [-0.05, 0) is 15.9 Å². The van der Waals surface area contributed by atoms with Gasteiger partial charge < -0.3 is 5.32 Å². The standard InChI is InChI=1S/C7H11BrN2S/c1-5-3-6(8)11-7(5)10-4-9-2/h3-5,7H,1-2H3,(H,9,10). The molecule has 2 unspecified atom stereocenters. The number of nitrogens with one attached hydrogen (secondary N) is 1. The first-order valence-corrected chi connectivity index (χ1v) is 5.12. The minimum atomic E-state index is 0.438. The minimum absolute atomic E-state index is 0.438. The van der Waals surface area contributed by atoms with Crippen LogP contribution in [0.3, 0.4) is 0 Å². The van der Waals surface area contributed by atoms with Gasteiger partial charge in [0, 0.05) is 16.8 Å². The van der Waals surface area contributed by atoms with Crippen LogP contribution in [0.5, 0.6) is 0 Å². The zero-order chi connectivity index (χ0) is 8.27. The number of hydrogen-bond acceptors (Lipinski definition) is 2. The van der Waals surface area contributed by atoms with E-state index >= 15 is 0 Å². The van der Waals surface area contributed by atoms with Gasteiger partial charge >= 0.3 is 0 Å². The van der Waals surface area contributed by atoms with Crippen molar-refractivity contribution in [2.45, 2.75) is 12.3 Å². The highest BCUT2D eigenvalue weighted by Gasteiger charge is 2.22. The summed E-state index contributed by atoms with van der Waals surface area (Å²) >= 11 is 5.24. The first-order chi connectivity index (χ1) is 5.24. The average Bonchev–Trinajstić information content (AvgIpc) is 2.26. The van der Waals surface area contributed by atoms with E-state index in [0.717, 1.165) is 0 Å². The number of nitrogens with zero attached hydrogens (tertiary/aromatic N) is 1. The Balaban J connectivity index is 2.40. The molecule has 1 N–H and O–H groups in total. The second-order valence-electron chi connectivity index (χ2n) is 2.42. The molecule has 4 heteroatoms. The van der Waals surface area contributed by atoms with Crippen molar-refractivity contribution in [3.05, 3.63) is 9.89 Å². The van der Waals surface area contributed by atoms with Crippen molar-refractivity contribution in [1.82, 2.24) is 5.32 Å². The van der Waals surface area contributed by atoms with E-state index in [-0.39, 0.29) is 0 Å². The fourth-order valence-corrected chi connectivity index (χ4v) is 2.87. The van der Waals surface area contributed by atoms with E-state index in [1.807, 2.05) is 0 Å². The molecule has 1 rings (SSSR count). The Morgan fingerprint density at radius 3 is 3.00 bits per heavy atom. The van der Waals surface area contributed by atoms with Gasteiger partial charge in [-0.3, -0.25) is 4.99 Å². The predicted octanol–water partition coefficient (Wildman–Crippen LogP) is 2.18. The summed E-state index contributed by atoms with van der Waals surface area (Å²) in [6, 6.07) is 0. The Hall–Kier alpha value is 0.0400. The first kappa shape index (κ1) is 9.13. The summed E-state index contributed by atoms with van der Waals surface area (Å²) in [5, 5.41) is 3.64. The number of hydrogen-bond donors (Lipinski definition) is 1. The maximum absolute atomic E-state index is 3.87. The summed E-state index contributed by atoms with van der Waals surface area (Å²) in [5.74, 6) is 0.562. The van der Waals surface area contributed by atoms with Crippen molar-refractivity contribution in [2.24, 2.45) is 10.9 Å². The third kappa shape index (κ3) is 2.52. The van der Waals surface area contributed by atoms with Gasteiger partial charge in [0.15, 0.2) is 0 Å². The molecule has 0 aromatic rings. The number of aliphatic imine (C=N–C) groups is 1. The molecule has 0 spiro atoms. The van der Waals surface area contributed by atoms with Gasteiger partial charge in [-0.1, -0.05) is 24.8 Å².